The quantitative estimate of drug-likeness (QED) is 0.242. The lowest BCUT2D eigenvalue weighted by atomic mass is 9.98. The van der Waals surface area contributed by atoms with Crippen LogP contribution in [0.15, 0.2) is 4.99 Å². The average molecular weight is 336 g/mol. The van der Waals surface area contributed by atoms with Gasteiger partial charge in [0, 0.05) is 0 Å². The Labute approximate surface area is 130 Å². The van der Waals surface area contributed by atoms with Crippen molar-refractivity contribution in [1.82, 2.24) is 5.32 Å². The van der Waals surface area contributed by atoms with Gasteiger partial charge >= 0.3 is 0 Å². The van der Waals surface area contributed by atoms with Gasteiger partial charge in [-0.3, -0.25) is 0 Å². The predicted molar refractivity (Wildman–Crippen MR) is 71.0 cm³/mol. The van der Waals surface area contributed by atoms with E-state index in [1.165, 1.54) is 0 Å². The van der Waals surface area contributed by atoms with Crippen LogP contribution in [0.1, 0.15) is 0 Å². The van der Waals surface area contributed by atoms with Crippen molar-refractivity contribution in [1.29, 1.82) is 0 Å². The molecule has 1 saturated heterocycles. The Hall–Kier alpha value is -1.05. The molecular formula is C12H20N2O9. The Morgan fingerprint density at radius 2 is 1.52 bits per heavy atom. The number of nitrogens with zero attached hydrogens (tertiary/aromatic N) is 1. The van der Waals surface area contributed by atoms with Crippen molar-refractivity contribution in [2.75, 3.05) is 6.61 Å². The van der Waals surface area contributed by atoms with Gasteiger partial charge in [-0.05, 0) is 0 Å². The van der Waals surface area contributed by atoms with Gasteiger partial charge < -0.3 is 50.5 Å². The summed E-state index contributed by atoms with van der Waals surface area (Å²) >= 11 is 0. The summed E-state index contributed by atoms with van der Waals surface area (Å²) in [6.45, 7) is -0.578. The molecule has 0 unspecified atom stereocenters. The molecule has 0 amide bonds. The Balaban J connectivity index is 1.68. The second-order valence-corrected chi connectivity index (χ2v) is 5.87. The minimum Gasteiger partial charge on any atom is -0.457 e. The molecule has 23 heavy (non-hydrogen) atoms. The van der Waals surface area contributed by atoms with Crippen LogP contribution in [0, 0.1) is 0 Å². The zero-order chi connectivity index (χ0) is 16.9. The van der Waals surface area contributed by atoms with E-state index in [1.54, 1.807) is 0 Å². The second-order valence-electron chi connectivity index (χ2n) is 5.87. The highest BCUT2D eigenvalue weighted by atomic mass is 16.6. The number of ether oxygens (including phenoxy) is 2. The first kappa shape index (κ1) is 16.8. The number of aliphatic hydroxyl groups excluding tert-OH is 7. The Bertz CT molecular complexity index is 475. The van der Waals surface area contributed by atoms with Gasteiger partial charge in [0.25, 0.3) is 6.02 Å². The van der Waals surface area contributed by atoms with Crippen molar-refractivity contribution in [2.45, 2.75) is 61.1 Å². The molecular weight excluding hydrogens is 316 g/mol. The number of rotatable bonds is 2. The Morgan fingerprint density at radius 3 is 2.13 bits per heavy atom. The summed E-state index contributed by atoms with van der Waals surface area (Å²) in [6.07, 6.45) is -11.9. The van der Waals surface area contributed by atoms with Crippen molar-refractivity contribution < 1.29 is 45.2 Å². The summed E-state index contributed by atoms with van der Waals surface area (Å²) in [7, 11) is 0. The van der Waals surface area contributed by atoms with Crippen LogP contribution >= 0.6 is 0 Å². The molecule has 3 aliphatic rings. The minimum atomic E-state index is -1.56. The predicted octanol–water partition coefficient (Wildman–Crippen LogP) is -5.40. The molecule has 0 aromatic carbocycles. The monoisotopic (exact) mass is 336 g/mol. The molecule has 11 heteroatoms. The molecule has 2 aliphatic heterocycles. The molecule has 0 radical (unpaired) electrons. The molecule has 0 bridgehead atoms. The number of nitrogens with one attached hydrogen (secondary N) is 1. The summed E-state index contributed by atoms with van der Waals surface area (Å²) in [5.74, 6) is 0. The number of fused-ring (bicyclic) bond motifs is 1. The van der Waals surface area contributed by atoms with Crippen LogP contribution in [0.3, 0.4) is 0 Å². The van der Waals surface area contributed by atoms with E-state index in [1.807, 2.05) is 0 Å². The fraction of sp³-hybridized carbons (Fsp3) is 0.917. The van der Waals surface area contributed by atoms with Gasteiger partial charge in [-0.1, -0.05) is 0 Å². The van der Waals surface area contributed by atoms with Crippen LogP contribution in [0.25, 0.3) is 0 Å². The lowest BCUT2D eigenvalue weighted by Gasteiger charge is -2.40. The smallest absolute Gasteiger partial charge is 0.287 e. The summed E-state index contributed by atoms with van der Waals surface area (Å²) in [4.78, 5) is 3.97. The van der Waals surface area contributed by atoms with Crippen LogP contribution in [-0.4, -0.2) is 109 Å². The number of hydrogen-bond donors (Lipinski definition) is 8. The van der Waals surface area contributed by atoms with Crippen LogP contribution in [-0.2, 0) is 9.47 Å². The van der Waals surface area contributed by atoms with Crippen molar-refractivity contribution in [2.24, 2.45) is 4.99 Å². The zero-order valence-electron chi connectivity index (χ0n) is 11.9. The SMILES string of the molecule is OC[C@H]1O[C@H](NC2=N[C@H]3[C@H](O)[C@@H](O)[C@H](O)[C@H]3O2)[C@H](O)[C@@H](O)[C@@H]1O. The molecule has 2 fully saturated rings. The molecule has 132 valence electrons. The molecule has 0 aromatic heterocycles. The van der Waals surface area contributed by atoms with E-state index < -0.39 is 67.7 Å². The molecule has 1 aliphatic carbocycles. The fourth-order valence-electron chi connectivity index (χ4n) is 2.99. The third-order valence-corrected chi connectivity index (χ3v) is 4.39. The number of aliphatic hydroxyl groups is 7. The van der Waals surface area contributed by atoms with Gasteiger partial charge in [-0.15, -0.1) is 0 Å². The summed E-state index contributed by atoms with van der Waals surface area (Å²) in [5, 5.41) is 70.0. The first-order valence-corrected chi connectivity index (χ1v) is 7.21. The summed E-state index contributed by atoms with van der Waals surface area (Å²) in [6, 6.07) is -1.04. The summed E-state index contributed by atoms with van der Waals surface area (Å²) in [5.41, 5.74) is 0. The van der Waals surface area contributed by atoms with Gasteiger partial charge in [0.05, 0.1) is 6.61 Å². The first-order valence-electron chi connectivity index (χ1n) is 7.21. The maximum Gasteiger partial charge on any atom is 0.287 e. The van der Waals surface area contributed by atoms with Crippen LogP contribution in [0.4, 0.5) is 0 Å². The Morgan fingerprint density at radius 1 is 0.870 bits per heavy atom. The van der Waals surface area contributed by atoms with E-state index in [-0.39, 0.29) is 6.02 Å². The lowest BCUT2D eigenvalue weighted by molar-refractivity contribution is -0.233. The number of hydrogen-bond acceptors (Lipinski definition) is 11. The molecule has 11 nitrogen and oxygen atoms in total. The molecule has 10 atom stereocenters. The van der Waals surface area contributed by atoms with E-state index in [0.29, 0.717) is 0 Å². The fourth-order valence-corrected chi connectivity index (χ4v) is 2.99. The van der Waals surface area contributed by atoms with E-state index in [9.17, 15) is 30.6 Å². The molecule has 3 rings (SSSR count). The first-order chi connectivity index (χ1) is 10.8. The maximum absolute atomic E-state index is 9.90. The third-order valence-electron chi connectivity index (χ3n) is 4.39. The van der Waals surface area contributed by atoms with Crippen LogP contribution < -0.4 is 5.32 Å². The number of aliphatic imine (C=N–C) groups is 1. The minimum absolute atomic E-state index is 0.158. The van der Waals surface area contributed by atoms with Gasteiger partial charge in [0.15, 0.2) is 12.3 Å². The Kier molecular flexibility index (Phi) is 4.46. The topological polar surface area (TPSA) is 184 Å². The molecule has 0 aromatic rings. The average Bonchev–Trinajstić information content (AvgIpc) is 3.03. The highest BCUT2D eigenvalue weighted by Crippen LogP contribution is 2.31. The normalized spacial score (nSPS) is 52.7. The highest BCUT2D eigenvalue weighted by molar-refractivity contribution is 5.76. The lowest BCUT2D eigenvalue weighted by Crippen LogP contribution is -2.63. The molecule has 1 saturated carbocycles. The van der Waals surface area contributed by atoms with Crippen molar-refractivity contribution in [3.05, 3.63) is 0 Å². The zero-order valence-corrected chi connectivity index (χ0v) is 11.9. The molecule has 2 heterocycles. The van der Waals surface area contributed by atoms with Crippen molar-refractivity contribution >= 4 is 6.02 Å². The van der Waals surface area contributed by atoms with E-state index in [2.05, 4.69) is 10.3 Å². The maximum atomic E-state index is 9.90. The molecule has 8 N–H and O–H groups in total. The highest BCUT2D eigenvalue weighted by Gasteiger charge is 2.54. The largest absolute Gasteiger partial charge is 0.457 e. The third kappa shape index (κ3) is 2.68. The van der Waals surface area contributed by atoms with E-state index >= 15 is 0 Å². The van der Waals surface area contributed by atoms with Gasteiger partial charge in [-0.25, -0.2) is 4.99 Å². The van der Waals surface area contributed by atoms with E-state index in [4.69, 9.17) is 14.6 Å². The van der Waals surface area contributed by atoms with Crippen LogP contribution in [0.5, 0.6) is 0 Å². The van der Waals surface area contributed by atoms with Gasteiger partial charge in [0.1, 0.15) is 48.8 Å². The van der Waals surface area contributed by atoms with Crippen molar-refractivity contribution in [3.8, 4) is 0 Å². The molecule has 0 spiro atoms. The second kappa shape index (κ2) is 6.11. The number of amidine groups is 1. The summed E-state index contributed by atoms with van der Waals surface area (Å²) < 4.78 is 10.5. The van der Waals surface area contributed by atoms with Crippen LogP contribution in [0.2, 0.25) is 0 Å². The van der Waals surface area contributed by atoms with Crippen molar-refractivity contribution in [3.63, 3.8) is 0 Å². The van der Waals surface area contributed by atoms with Gasteiger partial charge in [-0.2, -0.15) is 0 Å². The standard InChI is InChI=1S/C12H20N2O9/c15-1-2-4(16)6(18)9(21)11(22-2)14-12-13-3-5(17)7(19)8(20)10(3)23-12/h2-11,15-21H,1H2,(H,13,14)/t2-,3+,4-,5+,6+,7-,8+,9-,10+,11+/m1/s1. The van der Waals surface area contributed by atoms with E-state index in [0.717, 1.165) is 0 Å². The van der Waals surface area contributed by atoms with Gasteiger partial charge in [0.2, 0.25) is 0 Å².